The fourth-order valence-electron chi connectivity index (χ4n) is 2.27. The van der Waals surface area contributed by atoms with E-state index in [4.69, 9.17) is 10.2 Å². The third-order valence-corrected chi connectivity index (χ3v) is 4.08. The number of amides is 1. The van der Waals surface area contributed by atoms with Crippen LogP contribution in [0.2, 0.25) is 0 Å². The van der Waals surface area contributed by atoms with E-state index < -0.39 is 0 Å². The molecule has 0 fully saturated rings. The minimum Gasteiger partial charge on any atom is -0.443 e. The normalized spacial score (nSPS) is 11.4. The maximum Gasteiger partial charge on any atom is 0.276 e. The first kappa shape index (κ1) is 23.4. The van der Waals surface area contributed by atoms with Crippen molar-refractivity contribution in [1.82, 2.24) is 9.88 Å². The van der Waals surface area contributed by atoms with Crippen molar-refractivity contribution in [2.45, 2.75) is 33.2 Å². The van der Waals surface area contributed by atoms with Crippen LogP contribution in [-0.2, 0) is 0 Å². The summed E-state index contributed by atoms with van der Waals surface area (Å²) in [5.74, 6) is 0.758. The van der Waals surface area contributed by atoms with Crippen LogP contribution in [0.3, 0.4) is 0 Å². The molecule has 2 rings (SSSR count). The molecule has 5 nitrogen and oxygen atoms in total. The van der Waals surface area contributed by atoms with Crippen LogP contribution in [0.5, 0.6) is 0 Å². The zero-order valence-corrected chi connectivity index (χ0v) is 16.7. The van der Waals surface area contributed by atoms with Crippen LogP contribution in [0.4, 0.5) is 0 Å². The van der Waals surface area contributed by atoms with Gasteiger partial charge in [0.1, 0.15) is 0 Å². The first-order valence-electron chi connectivity index (χ1n) is 7.91. The Morgan fingerprint density at radius 1 is 1.24 bits per heavy atom. The summed E-state index contributed by atoms with van der Waals surface area (Å²) in [5, 5.41) is 0. The average molecular weight is 388 g/mol. The number of aromatic nitrogens is 1. The Hall–Kier alpha value is -1.56. The van der Waals surface area contributed by atoms with Gasteiger partial charge in [-0.25, -0.2) is 4.98 Å². The zero-order valence-electron chi connectivity index (χ0n) is 15.1. The fraction of sp³-hybridized carbons (Fsp3) is 0.444. The lowest BCUT2D eigenvalue weighted by Gasteiger charge is -2.21. The van der Waals surface area contributed by atoms with Gasteiger partial charge >= 0.3 is 0 Å². The molecule has 25 heavy (non-hydrogen) atoms. The second kappa shape index (κ2) is 10.4. The van der Waals surface area contributed by atoms with Crippen LogP contribution in [0.25, 0.3) is 11.3 Å². The molecule has 2 N–H and O–H groups in total. The maximum absolute atomic E-state index is 12.6. The number of carbonyl (C=O) groups excluding carboxylic acids is 1. The highest BCUT2D eigenvalue weighted by atomic mass is 35.5. The van der Waals surface area contributed by atoms with Crippen LogP contribution in [0.15, 0.2) is 35.1 Å². The summed E-state index contributed by atoms with van der Waals surface area (Å²) >= 11 is 0. The van der Waals surface area contributed by atoms with Gasteiger partial charge in [0.2, 0.25) is 0 Å². The van der Waals surface area contributed by atoms with E-state index in [0.717, 1.165) is 17.5 Å². The minimum atomic E-state index is -0.148. The van der Waals surface area contributed by atoms with E-state index in [2.05, 4.69) is 18.8 Å². The molecule has 0 radical (unpaired) electrons. The molecule has 1 atom stereocenters. The van der Waals surface area contributed by atoms with Gasteiger partial charge in [-0.05, 0) is 19.3 Å². The highest BCUT2D eigenvalue weighted by molar-refractivity contribution is 5.97. The number of aryl methyl sites for hydroxylation is 1. The van der Waals surface area contributed by atoms with Crippen molar-refractivity contribution in [3.05, 3.63) is 41.9 Å². The summed E-state index contributed by atoms with van der Waals surface area (Å²) in [6, 6.07) is 7.91. The number of hydrogen-bond acceptors (Lipinski definition) is 4. The summed E-state index contributed by atoms with van der Waals surface area (Å²) < 4.78 is 5.44. The Morgan fingerprint density at radius 2 is 1.84 bits per heavy atom. The predicted molar refractivity (Wildman–Crippen MR) is 106 cm³/mol. The summed E-state index contributed by atoms with van der Waals surface area (Å²) in [6.07, 6.45) is 2.08. The van der Waals surface area contributed by atoms with Crippen LogP contribution < -0.4 is 5.73 Å². The summed E-state index contributed by atoms with van der Waals surface area (Å²) in [7, 11) is 1.77. The number of halogens is 2. The molecule has 0 spiro atoms. The van der Waals surface area contributed by atoms with Gasteiger partial charge in [0.25, 0.3) is 5.91 Å². The minimum absolute atomic E-state index is 0. The van der Waals surface area contributed by atoms with E-state index in [1.165, 1.54) is 6.39 Å². The number of carbonyl (C=O) groups is 1. The van der Waals surface area contributed by atoms with Gasteiger partial charge in [0, 0.05) is 25.2 Å². The van der Waals surface area contributed by atoms with E-state index in [9.17, 15) is 4.79 Å². The first-order chi connectivity index (χ1) is 10.9. The van der Waals surface area contributed by atoms with E-state index in [-0.39, 0.29) is 36.8 Å². The zero-order chi connectivity index (χ0) is 17.0. The van der Waals surface area contributed by atoms with Crippen molar-refractivity contribution in [2.75, 3.05) is 13.6 Å². The van der Waals surface area contributed by atoms with E-state index in [1.54, 1.807) is 11.9 Å². The molecule has 1 heterocycles. The molecule has 0 bridgehead atoms. The van der Waals surface area contributed by atoms with Crippen LogP contribution in [0, 0.1) is 12.8 Å². The largest absolute Gasteiger partial charge is 0.443 e. The predicted octanol–water partition coefficient (Wildman–Crippen LogP) is 3.94. The number of nitrogens with zero attached hydrogens (tertiary/aromatic N) is 2. The molecule has 0 aliphatic carbocycles. The second-order valence-electron chi connectivity index (χ2n) is 6.32. The SMILES string of the molecule is Cc1ccc(-c2ocnc2C(=O)N(C)CCC(N)C(C)C)cc1.Cl.Cl. The van der Waals surface area contributed by atoms with Gasteiger partial charge in [-0.1, -0.05) is 43.7 Å². The van der Waals surface area contributed by atoms with E-state index in [1.807, 2.05) is 31.2 Å². The Kier molecular flexibility index (Phi) is 9.78. The number of benzene rings is 1. The van der Waals surface area contributed by atoms with E-state index >= 15 is 0 Å². The molecule has 1 amide bonds. The third-order valence-electron chi connectivity index (χ3n) is 4.08. The van der Waals surface area contributed by atoms with Gasteiger partial charge in [0.15, 0.2) is 17.8 Å². The number of rotatable bonds is 6. The molecule has 1 unspecified atom stereocenters. The summed E-state index contributed by atoms with van der Waals surface area (Å²) in [5.41, 5.74) is 8.39. The van der Waals surface area contributed by atoms with Crippen molar-refractivity contribution in [2.24, 2.45) is 11.7 Å². The fourth-order valence-corrected chi connectivity index (χ4v) is 2.27. The average Bonchev–Trinajstić information content (AvgIpc) is 3.01. The lowest BCUT2D eigenvalue weighted by Crippen LogP contribution is -2.35. The van der Waals surface area contributed by atoms with Crippen molar-refractivity contribution in [3.63, 3.8) is 0 Å². The standard InChI is InChI=1S/C18H25N3O2.2ClH/c1-12(2)15(19)9-10-21(4)18(22)16-17(23-11-20-16)14-7-5-13(3)6-8-14;;/h5-8,11-12,15H,9-10,19H2,1-4H3;2*1H. The Morgan fingerprint density at radius 3 is 2.40 bits per heavy atom. The number of oxazole rings is 1. The van der Waals surface area contributed by atoms with Crippen molar-refractivity contribution in [3.8, 4) is 11.3 Å². The van der Waals surface area contributed by atoms with Crippen molar-refractivity contribution >= 4 is 30.7 Å². The Labute approximate surface area is 161 Å². The molecule has 7 heteroatoms. The highest BCUT2D eigenvalue weighted by Crippen LogP contribution is 2.24. The van der Waals surface area contributed by atoms with Gasteiger partial charge < -0.3 is 15.1 Å². The first-order valence-corrected chi connectivity index (χ1v) is 7.91. The second-order valence-corrected chi connectivity index (χ2v) is 6.32. The molecule has 0 saturated heterocycles. The number of nitrogens with two attached hydrogens (primary N) is 1. The van der Waals surface area contributed by atoms with Gasteiger partial charge in [-0.2, -0.15) is 0 Å². The quantitative estimate of drug-likeness (QED) is 0.814. The molecule has 1 aromatic heterocycles. The van der Waals surface area contributed by atoms with Gasteiger partial charge in [-0.3, -0.25) is 4.79 Å². The highest BCUT2D eigenvalue weighted by Gasteiger charge is 2.22. The van der Waals surface area contributed by atoms with Gasteiger partial charge in [-0.15, -0.1) is 24.8 Å². The molecule has 2 aromatic rings. The molecule has 1 aromatic carbocycles. The molecule has 140 valence electrons. The molecular formula is C18H27Cl2N3O2. The Bertz CT molecular complexity index is 657. The van der Waals surface area contributed by atoms with Crippen LogP contribution >= 0.6 is 24.8 Å². The third kappa shape index (κ3) is 6.03. The molecule has 0 saturated carbocycles. The lowest BCUT2D eigenvalue weighted by molar-refractivity contribution is 0.0784. The lowest BCUT2D eigenvalue weighted by atomic mass is 10.0. The van der Waals surface area contributed by atoms with Gasteiger partial charge in [0.05, 0.1) is 0 Å². The summed E-state index contributed by atoms with van der Waals surface area (Å²) in [4.78, 5) is 18.4. The maximum atomic E-state index is 12.6. The molecule has 0 aliphatic rings. The topological polar surface area (TPSA) is 72.4 Å². The molecular weight excluding hydrogens is 361 g/mol. The monoisotopic (exact) mass is 387 g/mol. The van der Waals surface area contributed by atoms with Crippen molar-refractivity contribution in [1.29, 1.82) is 0 Å². The van der Waals surface area contributed by atoms with Crippen LogP contribution in [0.1, 0.15) is 36.3 Å². The van der Waals surface area contributed by atoms with Crippen LogP contribution in [-0.4, -0.2) is 35.4 Å². The van der Waals surface area contributed by atoms with E-state index in [0.29, 0.717) is 23.9 Å². The van der Waals surface area contributed by atoms with Crippen molar-refractivity contribution < 1.29 is 9.21 Å². The number of hydrogen-bond donors (Lipinski definition) is 1. The molecule has 0 aliphatic heterocycles. The Balaban J connectivity index is 0.00000288. The summed E-state index contributed by atoms with van der Waals surface area (Å²) in [6.45, 7) is 6.78. The smallest absolute Gasteiger partial charge is 0.276 e.